The van der Waals surface area contributed by atoms with Crippen LogP contribution in [0.25, 0.3) is 10.4 Å². The Morgan fingerprint density at radius 1 is 1.26 bits per heavy atom. The Kier molecular flexibility index (Phi) is 9.21. The Morgan fingerprint density at radius 2 is 2.03 bits per heavy atom. The van der Waals surface area contributed by atoms with Gasteiger partial charge in [0.1, 0.15) is 19.0 Å². The van der Waals surface area contributed by atoms with Gasteiger partial charge in [0, 0.05) is 36.5 Å². The zero-order valence-electron chi connectivity index (χ0n) is 18.6. The summed E-state index contributed by atoms with van der Waals surface area (Å²) in [5, 5.41) is 12.5. The number of aliphatic hydroxyl groups is 1. The van der Waals surface area contributed by atoms with Gasteiger partial charge in [-0.1, -0.05) is 29.4 Å². The molecule has 0 saturated heterocycles. The van der Waals surface area contributed by atoms with Crippen molar-refractivity contribution in [1.82, 2.24) is 10.9 Å². The summed E-state index contributed by atoms with van der Waals surface area (Å²) in [6.07, 6.45) is 0.728. The molecule has 3 rings (SSSR count). The van der Waals surface area contributed by atoms with Crippen LogP contribution in [-0.2, 0) is 22.5 Å². The molecule has 1 aliphatic rings. The lowest BCUT2D eigenvalue weighted by Gasteiger charge is -2.24. The van der Waals surface area contributed by atoms with E-state index in [1.54, 1.807) is 24.3 Å². The first kappa shape index (κ1) is 25.0. The molecule has 1 heterocycles. The predicted molar refractivity (Wildman–Crippen MR) is 124 cm³/mol. The van der Waals surface area contributed by atoms with Crippen molar-refractivity contribution in [2.24, 2.45) is 10.1 Å². The highest BCUT2D eigenvalue weighted by Gasteiger charge is 2.45. The number of hydrogen-bond donors (Lipinski definition) is 3. The quantitative estimate of drug-likeness (QED) is 0.136. The van der Waals surface area contributed by atoms with Crippen LogP contribution in [0.2, 0.25) is 0 Å². The highest BCUT2D eigenvalue weighted by Crippen LogP contribution is 2.29. The van der Waals surface area contributed by atoms with E-state index < -0.39 is 18.1 Å². The number of nitrogens with zero attached hydrogens (tertiary/aromatic N) is 4. The number of aliphatic imine (C=N–C) groups is 1. The average Bonchev–Trinajstić information content (AvgIpc) is 3.29. The Bertz CT molecular complexity index is 1040. The van der Waals surface area contributed by atoms with E-state index in [2.05, 4.69) is 25.9 Å². The van der Waals surface area contributed by atoms with E-state index in [4.69, 9.17) is 20.1 Å². The molecule has 180 valence electrons. The molecule has 2 aromatic rings. The fourth-order valence-corrected chi connectivity index (χ4v) is 3.44. The number of hydrogen-bond acceptors (Lipinski definition) is 7. The van der Waals surface area contributed by atoms with Crippen LogP contribution in [0, 0.1) is 0 Å². The van der Waals surface area contributed by atoms with E-state index in [1.807, 2.05) is 24.3 Å². The molecule has 10 nitrogen and oxygen atoms in total. The van der Waals surface area contributed by atoms with Crippen LogP contribution in [0.1, 0.15) is 23.1 Å². The summed E-state index contributed by atoms with van der Waals surface area (Å²) in [4.78, 5) is 20.6. The molecule has 11 heteroatoms. The Hall–Kier alpha value is -3.66. The van der Waals surface area contributed by atoms with Gasteiger partial charge in [-0.3, -0.25) is 10.2 Å². The van der Waals surface area contributed by atoms with Crippen LogP contribution in [-0.4, -0.2) is 55.5 Å². The topological polar surface area (TPSA) is 141 Å². The van der Waals surface area contributed by atoms with Crippen molar-refractivity contribution in [3.05, 3.63) is 75.7 Å². The second-order valence-electron chi connectivity index (χ2n) is 7.59. The molecule has 0 radical (unpaired) electrons. The highest BCUT2D eigenvalue weighted by atomic mass is 19.1. The molecule has 0 bridgehead atoms. The van der Waals surface area contributed by atoms with Crippen LogP contribution in [0.3, 0.4) is 0 Å². The number of azide groups is 1. The molecule has 1 amide bonds. The molecule has 1 atom stereocenters. The van der Waals surface area contributed by atoms with Crippen molar-refractivity contribution in [2.75, 3.05) is 33.0 Å². The first-order chi connectivity index (χ1) is 16.6. The molecule has 0 unspecified atom stereocenters. The number of alkyl halides is 1. The van der Waals surface area contributed by atoms with E-state index in [0.29, 0.717) is 30.2 Å². The lowest BCUT2D eigenvalue weighted by Crippen LogP contribution is -2.53. The van der Waals surface area contributed by atoms with E-state index in [1.165, 1.54) is 0 Å². The van der Waals surface area contributed by atoms with Gasteiger partial charge in [-0.15, -0.1) is 0 Å². The van der Waals surface area contributed by atoms with Crippen LogP contribution >= 0.6 is 0 Å². The van der Waals surface area contributed by atoms with Gasteiger partial charge < -0.3 is 14.6 Å². The van der Waals surface area contributed by atoms with E-state index in [0.717, 1.165) is 11.1 Å². The summed E-state index contributed by atoms with van der Waals surface area (Å²) >= 11 is 0. The third-order valence-electron chi connectivity index (χ3n) is 5.19. The predicted octanol–water partition coefficient (Wildman–Crippen LogP) is 2.61. The van der Waals surface area contributed by atoms with Gasteiger partial charge in [-0.2, -0.15) is 0 Å². The second kappa shape index (κ2) is 12.5. The number of ether oxygens (including phenoxy) is 2. The first-order valence-electron chi connectivity index (χ1n) is 10.9. The Balaban J connectivity index is 1.87. The van der Waals surface area contributed by atoms with Crippen LogP contribution in [0.4, 0.5) is 4.39 Å². The van der Waals surface area contributed by atoms with Gasteiger partial charge in [0.2, 0.25) is 5.90 Å². The molecule has 2 aromatic carbocycles. The summed E-state index contributed by atoms with van der Waals surface area (Å²) in [6.45, 7) is -0.100. The lowest BCUT2D eigenvalue weighted by atomic mass is 9.89. The van der Waals surface area contributed by atoms with Gasteiger partial charge in [-0.05, 0) is 40.9 Å². The normalized spacial score (nSPS) is 16.8. The molecule has 1 aliphatic heterocycles. The highest BCUT2D eigenvalue weighted by molar-refractivity contribution is 6.00. The fraction of sp³-hybridized carbons (Fsp3) is 0.391. The Labute approximate surface area is 196 Å². The zero-order valence-corrected chi connectivity index (χ0v) is 18.6. The molecule has 3 N–H and O–H groups in total. The van der Waals surface area contributed by atoms with Crippen molar-refractivity contribution in [3.63, 3.8) is 0 Å². The largest absolute Gasteiger partial charge is 0.494 e. The molecule has 34 heavy (non-hydrogen) atoms. The van der Waals surface area contributed by atoms with Crippen molar-refractivity contribution in [2.45, 2.75) is 24.9 Å². The van der Waals surface area contributed by atoms with Crippen molar-refractivity contribution >= 4 is 11.8 Å². The molecule has 0 spiro atoms. The number of halogens is 1. The number of carbonyl (C=O) groups excluding carboxylic acids is 1. The molecule has 0 aliphatic carbocycles. The number of amides is 1. The Morgan fingerprint density at radius 3 is 2.74 bits per heavy atom. The maximum absolute atomic E-state index is 13.1. The fourth-order valence-electron chi connectivity index (χ4n) is 3.44. The number of nitrogens with one attached hydrogen (secondary N) is 2. The summed E-state index contributed by atoms with van der Waals surface area (Å²) in [7, 11) is 0. The number of aliphatic hydroxyl groups excluding tert-OH is 1. The van der Waals surface area contributed by atoms with Crippen LogP contribution < -0.4 is 15.6 Å². The maximum Gasteiger partial charge on any atom is 0.266 e. The minimum Gasteiger partial charge on any atom is -0.494 e. The van der Waals surface area contributed by atoms with Gasteiger partial charge in [0.15, 0.2) is 5.54 Å². The third-order valence-corrected chi connectivity index (χ3v) is 5.19. The summed E-state index contributed by atoms with van der Waals surface area (Å²) < 4.78 is 23.9. The maximum atomic E-state index is 13.1. The van der Waals surface area contributed by atoms with Gasteiger partial charge in [-0.25, -0.2) is 14.8 Å². The molecular weight excluding hydrogens is 443 g/mol. The molecule has 0 fully saturated rings. The minimum atomic E-state index is -1.30. The third kappa shape index (κ3) is 6.44. The van der Waals surface area contributed by atoms with Crippen molar-refractivity contribution < 1.29 is 23.8 Å². The number of carbonyl (C=O) groups is 1. The number of hydrazine groups is 1. The average molecular weight is 471 g/mol. The van der Waals surface area contributed by atoms with Crippen LogP contribution in [0.5, 0.6) is 5.75 Å². The minimum absolute atomic E-state index is 0.0178. The molecule has 0 aromatic heterocycles. The summed E-state index contributed by atoms with van der Waals surface area (Å²) in [5.74, 6) is 0.482. The van der Waals surface area contributed by atoms with Gasteiger partial charge in [0.25, 0.3) is 5.91 Å². The monoisotopic (exact) mass is 470 g/mol. The zero-order chi connectivity index (χ0) is 24.2. The van der Waals surface area contributed by atoms with Crippen molar-refractivity contribution in [1.29, 1.82) is 0 Å². The molecular formula is C23H27FN6O4. The number of rotatable bonds is 13. The molecule has 0 saturated carbocycles. The van der Waals surface area contributed by atoms with Crippen molar-refractivity contribution in [3.8, 4) is 5.75 Å². The second-order valence-corrected chi connectivity index (χ2v) is 7.59. The van der Waals surface area contributed by atoms with E-state index in [9.17, 15) is 9.18 Å². The number of benzene rings is 2. The van der Waals surface area contributed by atoms with Gasteiger partial charge >= 0.3 is 0 Å². The summed E-state index contributed by atoms with van der Waals surface area (Å²) in [5.41, 5.74) is 14.7. The summed E-state index contributed by atoms with van der Waals surface area (Å²) in [6, 6.07) is 14.4. The van der Waals surface area contributed by atoms with Crippen LogP contribution in [0.15, 0.2) is 58.6 Å². The standard InChI is InChI=1S/C23H27FN6O4/c24-10-11-26-29-22(32)23(14-18-4-1-2-5-19(18)15-27-30-25)16-34-21(28-23)17-6-8-20(9-7-17)33-13-3-12-31/h1-2,4-9,26,31H,3,10-16H2,(H,29,32)/t23-/m0/s1. The first-order valence-corrected chi connectivity index (χ1v) is 10.9. The lowest BCUT2D eigenvalue weighted by molar-refractivity contribution is -0.127. The SMILES string of the molecule is [N-]=[N+]=NCc1ccccc1C[C@@]1(C(=O)NNCCF)COC(c2ccc(OCCCO)cc2)=N1. The van der Waals surface area contributed by atoms with E-state index in [-0.39, 0.29) is 32.7 Å². The smallest absolute Gasteiger partial charge is 0.266 e. The van der Waals surface area contributed by atoms with E-state index >= 15 is 0 Å². The van der Waals surface area contributed by atoms with Gasteiger partial charge in [0.05, 0.1) is 13.2 Å².